The summed E-state index contributed by atoms with van der Waals surface area (Å²) in [7, 11) is 1.58. The number of rotatable bonds is 8. The molecule has 0 aliphatic heterocycles. The van der Waals surface area contributed by atoms with Crippen LogP contribution in [0.4, 0.5) is 5.69 Å². The SMILES string of the molecule is COc1ccccc1NC(=O)CSc1nnc(Cc2ccccc2)n1-c1ccc(C)cc1. The summed E-state index contributed by atoms with van der Waals surface area (Å²) in [6.07, 6.45) is 0.648. The van der Waals surface area contributed by atoms with E-state index in [9.17, 15) is 4.79 Å². The lowest BCUT2D eigenvalue weighted by Gasteiger charge is -2.12. The monoisotopic (exact) mass is 444 g/mol. The molecule has 0 unspecified atom stereocenters. The highest BCUT2D eigenvalue weighted by atomic mass is 32.2. The van der Waals surface area contributed by atoms with E-state index >= 15 is 0 Å². The third-order valence-electron chi connectivity index (χ3n) is 4.91. The maximum atomic E-state index is 12.6. The highest BCUT2D eigenvalue weighted by Crippen LogP contribution is 2.26. The van der Waals surface area contributed by atoms with Gasteiger partial charge in [0.05, 0.1) is 18.6 Å². The van der Waals surface area contributed by atoms with E-state index < -0.39 is 0 Å². The summed E-state index contributed by atoms with van der Waals surface area (Å²) < 4.78 is 7.33. The Kier molecular flexibility index (Phi) is 6.87. The van der Waals surface area contributed by atoms with E-state index in [-0.39, 0.29) is 11.7 Å². The summed E-state index contributed by atoms with van der Waals surface area (Å²) >= 11 is 1.35. The summed E-state index contributed by atoms with van der Waals surface area (Å²) in [4.78, 5) is 12.6. The highest BCUT2D eigenvalue weighted by molar-refractivity contribution is 7.99. The molecule has 0 radical (unpaired) electrons. The number of hydrogen-bond acceptors (Lipinski definition) is 5. The quantitative estimate of drug-likeness (QED) is 0.391. The summed E-state index contributed by atoms with van der Waals surface area (Å²) in [5.74, 6) is 1.52. The Bertz CT molecular complexity index is 1190. The molecule has 4 aromatic rings. The van der Waals surface area contributed by atoms with Crippen molar-refractivity contribution in [1.82, 2.24) is 14.8 Å². The first-order valence-electron chi connectivity index (χ1n) is 10.2. The number of nitrogens with one attached hydrogen (secondary N) is 1. The van der Waals surface area contributed by atoms with Crippen LogP contribution in [0.25, 0.3) is 5.69 Å². The molecule has 0 aliphatic rings. The fourth-order valence-corrected chi connectivity index (χ4v) is 4.07. The molecule has 0 aliphatic carbocycles. The van der Waals surface area contributed by atoms with Crippen LogP contribution in [0.2, 0.25) is 0 Å². The second kappa shape index (κ2) is 10.2. The molecule has 0 bridgehead atoms. The number of carbonyl (C=O) groups excluding carboxylic acids is 1. The Hall–Kier alpha value is -3.58. The van der Waals surface area contributed by atoms with E-state index in [1.165, 1.54) is 17.3 Å². The fraction of sp³-hybridized carbons (Fsp3) is 0.160. The van der Waals surface area contributed by atoms with Crippen molar-refractivity contribution in [1.29, 1.82) is 0 Å². The summed E-state index contributed by atoms with van der Waals surface area (Å²) in [5, 5.41) is 12.4. The molecule has 0 fully saturated rings. The Morgan fingerprint density at radius 1 is 0.969 bits per heavy atom. The number of aromatic nitrogens is 3. The molecule has 1 amide bonds. The summed E-state index contributed by atoms with van der Waals surface area (Å²) in [6, 6.07) is 25.7. The zero-order valence-corrected chi connectivity index (χ0v) is 18.8. The van der Waals surface area contributed by atoms with Crippen LogP contribution in [0.3, 0.4) is 0 Å². The topological polar surface area (TPSA) is 69.0 Å². The second-order valence-corrected chi connectivity index (χ2v) is 8.21. The zero-order valence-electron chi connectivity index (χ0n) is 18.0. The van der Waals surface area contributed by atoms with Gasteiger partial charge in [-0.3, -0.25) is 9.36 Å². The number of anilines is 1. The fourth-order valence-electron chi connectivity index (χ4n) is 3.30. The lowest BCUT2D eigenvalue weighted by molar-refractivity contribution is -0.113. The molecule has 7 heteroatoms. The molecule has 6 nitrogen and oxygen atoms in total. The van der Waals surface area contributed by atoms with Gasteiger partial charge in [0.25, 0.3) is 0 Å². The van der Waals surface area contributed by atoms with E-state index in [0.29, 0.717) is 23.0 Å². The number of thioether (sulfide) groups is 1. The average molecular weight is 445 g/mol. The van der Waals surface area contributed by atoms with Gasteiger partial charge in [0.1, 0.15) is 11.6 Å². The number of methoxy groups -OCH3 is 1. The molecule has 0 saturated heterocycles. The number of aryl methyl sites for hydroxylation is 1. The minimum atomic E-state index is -0.137. The van der Waals surface area contributed by atoms with Crippen molar-refractivity contribution < 1.29 is 9.53 Å². The molecule has 3 aromatic carbocycles. The summed E-state index contributed by atoms with van der Waals surface area (Å²) in [5.41, 5.74) is 3.94. The minimum Gasteiger partial charge on any atom is -0.495 e. The number of para-hydroxylation sites is 2. The number of benzene rings is 3. The molecular weight excluding hydrogens is 420 g/mol. The molecule has 32 heavy (non-hydrogen) atoms. The first kappa shape index (κ1) is 21.6. The van der Waals surface area contributed by atoms with E-state index in [2.05, 4.69) is 46.7 Å². The smallest absolute Gasteiger partial charge is 0.234 e. The van der Waals surface area contributed by atoms with Crippen LogP contribution < -0.4 is 10.1 Å². The molecule has 0 saturated carbocycles. The molecule has 0 atom stereocenters. The van der Waals surface area contributed by atoms with Crippen molar-refractivity contribution >= 4 is 23.4 Å². The minimum absolute atomic E-state index is 0.137. The van der Waals surface area contributed by atoms with Gasteiger partial charge in [-0.1, -0.05) is 71.9 Å². The normalized spacial score (nSPS) is 10.7. The van der Waals surface area contributed by atoms with Crippen molar-refractivity contribution in [2.75, 3.05) is 18.2 Å². The predicted molar refractivity (Wildman–Crippen MR) is 128 cm³/mol. The van der Waals surface area contributed by atoms with Gasteiger partial charge >= 0.3 is 0 Å². The van der Waals surface area contributed by atoms with Crippen LogP contribution in [0.5, 0.6) is 5.75 Å². The van der Waals surface area contributed by atoms with Crippen LogP contribution in [0.15, 0.2) is 84.0 Å². The Balaban J connectivity index is 1.55. The zero-order chi connectivity index (χ0) is 22.3. The number of carbonyl (C=O) groups is 1. The van der Waals surface area contributed by atoms with Gasteiger partial charge in [0.2, 0.25) is 5.91 Å². The van der Waals surface area contributed by atoms with Gasteiger partial charge in [-0.2, -0.15) is 0 Å². The third kappa shape index (κ3) is 5.18. The van der Waals surface area contributed by atoms with E-state index in [4.69, 9.17) is 4.74 Å². The van der Waals surface area contributed by atoms with Gasteiger partial charge < -0.3 is 10.1 Å². The van der Waals surface area contributed by atoms with Crippen molar-refractivity contribution in [3.05, 3.63) is 95.8 Å². The largest absolute Gasteiger partial charge is 0.495 e. The van der Waals surface area contributed by atoms with Crippen LogP contribution >= 0.6 is 11.8 Å². The van der Waals surface area contributed by atoms with Crippen molar-refractivity contribution in [3.8, 4) is 11.4 Å². The van der Waals surface area contributed by atoms with Gasteiger partial charge in [0, 0.05) is 12.1 Å². The van der Waals surface area contributed by atoms with Gasteiger partial charge in [-0.05, 0) is 36.8 Å². The van der Waals surface area contributed by atoms with E-state index in [1.54, 1.807) is 7.11 Å². The van der Waals surface area contributed by atoms with Gasteiger partial charge in [0.15, 0.2) is 5.16 Å². The molecule has 1 aromatic heterocycles. The van der Waals surface area contributed by atoms with Crippen molar-refractivity contribution in [2.24, 2.45) is 0 Å². The molecule has 162 valence electrons. The predicted octanol–water partition coefficient (Wildman–Crippen LogP) is 4.91. The Morgan fingerprint density at radius 3 is 2.44 bits per heavy atom. The highest BCUT2D eigenvalue weighted by Gasteiger charge is 2.17. The molecule has 1 heterocycles. The molecule has 0 spiro atoms. The molecule has 4 rings (SSSR count). The second-order valence-electron chi connectivity index (χ2n) is 7.27. The summed E-state index contributed by atoms with van der Waals surface area (Å²) in [6.45, 7) is 2.05. The van der Waals surface area contributed by atoms with Crippen molar-refractivity contribution in [2.45, 2.75) is 18.5 Å². The first-order chi connectivity index (χ1) is 15.6. The number of ether oxygens (including phenoxy) is 1. The maximum absolute atomic E-state index is 12.6. The lowest BCUT2D eigenvalue weighted by atomic mass is 10.1. The van der Waals surface area contributed by atoms with Crippen LogP contribution in [-0.4, -0.2) is 33.5 Å². The number of nitrogens with zero attached hydrogens (tertiary/aromatic N) is 3. The van der Waals surface area contributed by atoms with Gasteiger partial charge in [-0.25, -0.2) is 0 Å². The number of hydrogen-bond donors (Lipinski definition) is 1. The van der Waals surface area contributed by atoms with Crippen molar-refractivity contribution in [3.63, 3.8) is 0 Å². The van der Waals surface area contributed by atoms with Crippen LogP contribution in [-0.2, 0) is 11.2 Å². The van der Waals surface area contributed by atoms with Gasteiger partial charge in [-0.15, -0.1) is 10.2 Å². The molecule has 1 N–H and O–H groups in total. The maximum Gasteiger partial charge on any atom is 0.234 e. The molecular formula is C25H24N4O2S. The Morgan fingerprint density at radius 2 is 1.69 bits per heavy atom. The first-order valence-corrected chi connectivity index (χ1v) is 11.2. The Labute approximate surface area is 191 Å². The average Bonchev–Trinajstić information content (AvgIpc) is 3.21. The van der Waals surface area contributed by atoms with E-state index in [0.717, 1.165) is 17.1 Å². The lowest BCUT2D eigenvalue weighted by Crippen LogP contribution is -2.15. The van der Waals surface area contributed by atoms with E-state index in [1.807, 2.05) is 59.2 Å². The number of amides is 1. The third-order valence-corrected chi connectivity index (χ3v) is 5.84. The standard InChI is InChI=1S/C25H24N4O2S/c1-18-12-14-20(15-13-18)29-23(16-19-8-4-3-5-9-19)27-28-25(29)32-17-24(30)26-21-10-6-7-11-22(21)31-2/h3-15H,16-17H2,1-2H3,(H,26,30). The van der Waals surface area contributed by atoms with Crippen LogP contribution in [0, 0.1) is 6.92 Å². The van der Waals surface area contributed by atoms with Crippen LogP contribution in [0.1, 0.15) is 17.0 Å².